The van der Waals surface area contributed by atoms with Crippen LogP contribution in [0.1, 0.15) is 107 Å². The molecule has 0 radical (unpaired) electrons. The molecule has 336 valence electrons. The van der Waals surface area contributed by atoms with Gasteiger partial charge in [-0.3, -0.25) is 43.6 Å². The first-order chi connectivity index (χ1) is 27.1. The second-order valence-corrected chi connectivity index (χ2v) is 19.6. The fourth-order valence-electron chi connectivity index (χ4n) is 6.58. The Bertz CT molecular complexity index is 1510. The van der Waals surface area contributed by atoms with Gasteiger partial charge < -0.3 is 29.8 Å². The minimum absolute atomic E-state index is 0.00604. The van der Waals surface area contributed by atoms with Gasteiger partial charge in [-0.05, 0) is 120 Å². The number of nitrogens with two attached hydrogens (primary N) is 1. The Morgan fingerprint density at radius 1 is 0.593 bits per heavy atom. The van der Waals surface area contributed by atoms with E-state index in [-0.39, 0.29) is 44.2 Å². The van der Waals surface area contributed by atoms with Crippen LogP contribution < -0.4 is 5.73 Å². The number of carbonyl (C=O) groups excluding carboxylic acids is 4. The smallest absolute Gasteiger partial charge is 0.320 e. The highest BCUT2D eigenvalue weighted by Gasteiger charge is 2.31. The molecule has 1 aromatic carbocycles. The molecule has 0 bridgehead atoms. The number of hydrogen-bond donors (Lipinski definition) is 2. The number of aliphatic carboxylic acids is 1. The molecule has 1 aliphatic heterocycles. The minimum atomic E-state index is -1.02. The molecule has 1 aromatic rings. The van der Waals surface area contributed by atoms with Crippen LogP contribution in [0.25, 0.3) is 0 Å². The normalized spacial score (nSPS) is 18.2. The molecule has 0 aliphatic carbocycles. The number of aryl methyl sites for hydroxylation is 1. The van der Waals surface area contributed by atoms with Crippen LogP contribution in [0, 0.1) is 0 Å². The maximum Gasteiger partial charge on any atom is 0.320 e. The van der Waals surface area contributed by atoms with Gasteiger partial charge in [-0.15, -0.1) is 0 Å². The first kappa shape index (κ1) is 51.5. The second kappa shape index (κ2) is 22.8. The van der Waals surface area contributed by atoms with Gasteiger partial charge in [0.25, 0.3) is 0 Å². The Hall–Kier alpha value is -3.63. The van der Waals surface area contributed by atoms with E-state index in [4.69, 9.17) is 29.8 Å². The van der Waals surface area contributed by atoms with Crippen molar-refractivity contribution in [2.24, 2.45) is 5.73 Å². The van der Waals surface area contributed by atoms with Crippen LogP contribution in [0.15, 0.2) is 24.3 Å². The van der Waals surface area contributed by atoms with Crippen molar-refractivity contribution >= 4 is 29.8 Å². The van der Waals surface area contributed by atoms with Gasteiger partial charge in [-0.25, -0.2) is 0 Å². The lowest BCUT2D eigenvalue weighted by molar-refractivity contribution is -0.160. The molecule has 1 unspecified atom stereocenters. The molecule has 15 nitrogen and oxygen atoms in total. The van der Waals surface area contributed by atoms with Crippen LogP contribution in [0.3, 0.4) is 0 Å². The Morgan fingerprint density at radius 3 is 1.36 bits per heavy atom. The molecule has 2 atom stereocenters. The van der Waals surface area contributed by atoms with Gasteiger partial charge in [0.2, 0.25) is 0 Å². The first-order valence-electron chi connectivity index (χ1n) is 20.9. The fraction of sp³-hybridized carbons (Fsp3) is 0.750. The molecule has 0 saturated carbocycles. The number of hydrogen-bond acceptors (Lipinski definition) is 14. The number of carboxylic acids is 1. The van der Waals surface area contributed by atoms with Gasteiger partial charge in [0, 0.05) is 51.9 Å². The molecule has 1 aliphatic rings. The number of ether oxygens (including phenoxy) is 4. The highest BCUT2D eigenvalue weighted by molar-refractivity contribution is 5.74. The van der Waals surface area contributed by atoms with Crippen molar-refractivity contribution < 1.29 is 48.0 Å². The zero-order valence-electron chi connectivity index (χ0n) is 38.1. The predicted molar refractivity (Wildman–Crippen MR) is 227 cm³/mol. The van der Waals surface area contributed by atoms with Crippen LogP contribution in [0.5, 0.6) is 0 Å². The summed E-state index contributed by atoms with van der Waals surface area (Å²) in [5.74, 6) is -2.57. The Kier molecular flexibility index (Phi) is 19.9. The highest BCUT2D eigenvalue weighted by Crippen LogP contribution is 2.18. The zero-order chi connectivity index (χ0) is 44.8. The van der Waals surface area contributed by atoms with Crippen LogP contribution in [-0.2, 0) is 55.8 Å². The molecule has 2 rings (SSSR count). The van der Waals surface area contributed by atoms with Gasteiger partial charge in [0.15, 0.2) is 0 Å². The molecule has 0 aromatic heterocycles. The summed E-state index contributed by atoms with van der Waals surface area (Å²) in [4.78, 5) is 72.6. The van der Waals surface area contributed by atoms with E-state index in [1.165, 1.54) is 0 Å². The summed E-state index contributed by atoms with van der Waals surface area (Å²) in [7, 11) is 0. The summed E-state index contributed by atoms with van der Waals surface area (Å²) in [6.45, 7) is 24.6. The Balaban J connectivity index is 2.60. The summed E-state index contributed by atoms with van der Waals surface area (Å²) in [5, 5.41) is 9.17. The largest absolute Gasteiger partial charge is 0.480 e. The summed E-state index contributed by atoms with van der Waals surface area (Å²) >= 11 is 0. The van der Waals surface area contributed by atoms with E-state index in [9.17, 15) is 24.0 Å². The van der Waals surface area contributed by atoms with Gasteiger partial charge in [-0.1, -0.05) is 24.3 Å². The lowest BCUT2D eigenvalue weighted by atomic mass is 9.99. The van der Waals surface area contributed by atoms with Crippen molar-refractivity contribution in [3.8, 4) is 0 Å². The SMILES string of the molecule is CC(C)(C)OC(=O)CN1CCN(CC(=O)OC(C)(C)C)CCN(CC(=O)OC(C)(C)C)[C@@H](Cc2ccc(CCCC(N)C(=O)O)cc2)CN(CC(=O)OC(C)(C)C)CC1. The van der Waals surface area contributed by atoms with Crippen LogP contribution >= 0.6 is 0 Å². The summed E-state index contributed by atoms with van der Waals surface area (Å²) in [6.07, 6.45) is 2.17. The van der Waals surface area contributed by atoms with E-state index in [0.29, 0.717) is 71.5 Å². The molecule has 3 N–H and O–H groups in total. The molecule has 1 fully saturated rings. The number of esters is 4. The van der Waals surface area contributed by atoms with E-state index in [0.717, 1.165) is 11.1 Å². The monoisotopic (exact) mass is 834 g/mol. The van der Waals surface area contributed by atoms with Crippen molar-refractivity contribution in [3.05, 3.63) is 35.4 Å². The third-order valence-corrected chi connectivity index (χ3v) is 9.02. The molecular formula is C44H75N5O10. The van der Waals surface area contributed by atoms with Gasteiger partial charge in [0.1, 0.15) is 28.4 Å². The molecule has 59 heavy (non-hydrogen) atoms. The maximum absolute atomic E-state index is 13.6. The third kappa shape index (κ3) is 23.7. The second-order valence-electron chi connectivity index (χ2n) is 19.6. The number of rotatable bonds is 15. The third-order valence-electron chi connectivity index (χ3n) is 9.02. The Morgan fingerprint density at radius 2 is 0.949 bits per heavy atom. The van der Waals surface area contributed by atoms with E-state index in [1.807, 2.05) is 122 Å². The molecular weight excluding hydrogens is 759 g/mol. The van der Waals surface area contributed by atoms with E-state index in [2.05, 4.69) is 4.90 Å². The van der Waals surface area contributed by atoms with Crippen molar-refractivity contribution in [2.75, 3.05) is 72.0 Å². The number of carbonyl (C=O) groups is 5. The predicted octanol–water partition coefficient (Wildman–Crippen LogP) is 3.92. The summed E-state index contributed by atoms with van der Waals surface area (Å²) in [5.41, 5.74) is 4.98. The summed E-state index contributed by atoms with van der Waals surface area (Å²) < 4.78 is 23.0. The van der Waals surface area contributed by atoms with E-state index in [1.54, 1.807) is 0 Å². The van der Waals surface area contributed by atoms with Crippen molar-refractivity contribution in [1.29, 1.82) is 0 Å². The number of nitrogens with zero attached hydrogens (tertiary/aromatic N) is 4. The maximum atomic E-state index is 13.6. The number of benzene rings is 1. The summed E-state index contributed by atoms with van der Waals surface area (Å²) in [6, 6.07) is 6.88. The van der Waals surface area contributed by atoms with Crippen molar-refractivity contribution in [2.45, 2.75) is 143 Å². The lowest BCUT2D eigenvalue weighted by Gasteiger charge is -2.39. The molecule has 1 saturated heterocycles. The quantitative estimate of drug-likeness (QED) is 0.192. The molecule has 0 amide bonds. The lowest BCUT2D eigenvalue weighted by Crippen LogP contribution is -2.54. The molecule has 1 heterocycles. The van der Waals surface area contributed by atoms with Crippen molar-refractivity contribution in [3.63, 3.8) is 0 Å². The van der Waals surface area contributed by atoms with Crippen LogP contribution in [0.4, 0.5) is 0 Å². The molecule has 15 heteroatoms. The van der Waals surface area contributed by atoms with Crippen LogP contribution in [0.2, 0.25) is 0 Å². The van der Waals surface area contributed by atoms with Crippen molar-refractivity contribution in [1.82, 2.24) is 19.6 Å². The average Bonchev–Trinajstić information content (AvgIpc) is 3.03. The van der Waals surface area contributed by atoms with Gasteiger partial charge in [0.05, 0.1) is 26.2 Å². The number of carboxylic acid groups (broad SMARTS) is 1. The van der Waals surface area contributed by atoms with Crippen LogP contribution in [-0.4, -0.2) is 161 Å². The Labute approximate surface area is 353 Å². The zero-order valence-corrected chi connectivity index (χ0v) is 38.1. The first-order valence-corrected chi connectivity index (χ1v) is 20.9. The van der Waals surface area contributed by atoms with E-state index >= 15 is 0 Å². The van der Waals surface area contributed by atoms with E-state index < -0.39 is 46.4 Å². The highest BCUT2D eigenvalue weighted by atomic mass is 16.6. The fourth-order valence-corrected chi connectivity index (χ4v) is 6.58. The van der Waals surface area contributed by atoms with Gasteiger partial charge >= 0.3 is 29.8 Å². The average molecular weight is 834 g/mol. The van der Waals surface area contributed by atoms with Gasteiger partial charge in [-0.2, -0.15) is 0 Å². The minimum Gasteiger partial charge on any atom is -0.480 e. The molecule has 0 spiro atoms. The topological polar surface area (TPSA) is 181 Å². The standard InChI is InChI=1S/C44H75N5O10/c1-41(2,3)56-36(50)28-46-20-21-47(29-37(51)57-42(4,5)6)24-25-49(31-39(53)59-44(10,11)12)34(27-48(23-22-46)30-38(52)58-43(7,8)9)26-33-18-16-32(17-19-33)14-13-15-35(45)40(54)55/h16-19,34-35H,13-15,20-31,45H2,1-12H3,(H,54,55)/t34-,35?/m0/s1.